The molecule has 1 aromatic carbocycles. The van der Waals surface area contributed by atoms with Crippen LogP contribution in [0.4, 0.5) is 5.69 Å². The maximum Gasteiger partial charge on any atom is 0.0761 e. The molecular weight excluding hydrogens is 210 g/mol. The summed E-state index contributed by atoms with van der Waals surface area (Å²) in [7, 11) is 0. The largest absolute Gasteiger partial charge is 0.389 e. The quantitative estimate of drug-likeness (QED) is 0.814. The summed E-state index contributed by atoms with van der Waals surface area (Å²) in [5.41, 5.74) is 2.23. The topological polar surface area (TPSA) is 23.5 Å². The first-order chi connectivity index (χ1) is 8.08. The summed E-state index contributed by atoms with van der Waals surface area (Å²) in [6, 6.07) is 8.24. The number of nitrogens with zero attached hydrogens (tertiary/aromatic N) is 1. The predicted octanol–water partition coefficient (Wildman–Crippen LogP) is 3.61. The van der Waals surface area contributed by atoms with Crippen molar-refractivity contribution in [2.24, 2.45) is 5.92 Å². The molecule has 2 atom stereocenters. The molecule has 0 aliphatic carbocycles. The molecule has 1 rings (SSSR count). The van der Waals surface area contributed by atoms with Gasteiger partial charge in [-0.3, -0.25) is 0 Å². The first-order valence-electron chi connectivity index (χ1n) is 6.61. The van der Waals surface area contributed by atoms with Crippen LogP contribution < -0.4 is 4.90 Å². The van der Waals surface area contributed by atoms with E-state index in [1.807, 2.05) is 12.1 Å². The van der Waals surface area contributed by atoms with Gasteiger partial charge in [0.05, 0.1) is 6.10 Å². The lowest BCUT2D eigenvalue weighted by molar-refractivity contribution is 0.199. The Balaban J connectivity index is 2.75. The Morgan fingerprint density at radius 1 is 1.12 bits per heavy atom. The van der Waals surface area contributed by atoms with Crippen LogP contribution in [-0.4, -0.2) is 18.2 Å². The fourth-order valence-corrected chi connectivity index (χ4v) is 1.89. The summed E-state index contributed by atoms with van der Waals surface area (Å²) >= 11 is 0. The average Bonchev–Trinajstić information content (AvgIpc) is 2.35. The van der Waals surface area contributed by atoms with Crippen LogP contribution >= 0.6 is 0 Å². The van der Waals surface area contributed by atoms with Gasteiger partial charge in [-0.2, -0.15) is 0 Å². The van der Waals surface area contributed by atoms with Crippen LogP contribution in [0.3, 0.4) is 0 Å². The third kappa shape index (κ3) is 4.04. The van der Waals surface area contributed by atoms with Gasteiger partial charge in [-0.25, -0.2) is 0 Å². The van der Waals surface area contributed by atoms with Gasteiger partial charge in [0.25, 0.3) is 0 Å². The molecule has 0 aromatic heterocycles. The van der Waals surface area contributed by atoms with Crippen molar-refractivity contribution >= 4 is 5.69 Å². The second kappa shape index (κ2) is 6.65. The molecular formula is C15H25NO. The molecule has 96 valence electrons. The fraction of sp³-hybridized carbons (Fsp3) is 0.600. The molecule has 0 fully saturated rings. The normalized spacial score (nSPS) is 14.4. The Bertz CT molecular complexity index is 318. The molecule has 2 heteroatoms. The molecule has 1 aromatic rings. The monoisotopic (exact) mass is 235 g/mol. The lowest BCUT2D eigenvalue weighted by Crippen LogP contribution is -2.27. The lowest BCUT2D eigenvalue weighted by Gasteiger charge is -2.26. The molecule has 0 aliphatic heterocycles. The molecule has 2 nitrogen and oxygen atoms in total. The smallest absolute Gasteiger partial charge is 0.0761 e. The molecule has 0 bridgehead atoms. The molecule has 1 N–H and O–H groups in total. The van der Waals surface area contributed by atoms with E-state index < -0.39 is 0 Å². The van der Waals surface area contributed by atoms with E-state index in [4.69, 9.17) is 0 Å². The van der Waals surface area contributed by atoms with Gasteiger partial charge in [-0.05, 0) is 37.5 Å². The van der Waals surface area contributed by atoms with Gasteiger partial charge >= 0.3 is 0 Å². The molecule has 0 radical (unpaired) electrons. The number of hydrogen-bond acceptors (Lipinski definition) is 2. The van der Waals surface area contributed by atoms with Gasteiger partial charge in [-0.15, -0.1) is 0 Å². The van der Waals surface area contributed by atoms with Crippen LogP contribution in [0.2, 0.25) is 0 Å². The third-order valence-electron chi connectivity index (χ3n) is 3.35. The molecule has 0 aliphatic rings. The molecule has 2 unspecified atom stereocenters. The van der Waals surface area contributed by atoms with Crippen LogP contribution in [0.15, 0.2) is 24.3 Å². The molecule has 17 heavy (non-hydrogen) atoms. The Kier molecular flexibility index (Phi) is 5.49. The highest BCUT2D eigenvalue weighted by Gasteiger charge is 2.08. The van der Waals surface area contributed by atoms with Crippen molar-refractivity contribution in [2.75, 3.05) is 18.0 Å². The van der Waals surface area contributed by atoms with Crippen LogP contribution in [-0.2, 0) is 0 Å². The van der Waals surface area contributed by atoms with Crippen molar-refractivity contribution in [3.63, 3.8) is 0 Å². The number of aliphatic hydroxyl groups excluding tert-OH is 1. The van der Waals surface area contributed by atoms with Crippen molar-refractivity contribution in [1.82, 2.24) is 0 Å². The van der Waals surface area contributed by atoms with Gasteiger partial charge in [0.15, 0.2) is 0 Å². The minimum absolute atomic E-state index is 0.381. The van der Waals surface area contributed by atoms with Gasteiger partial charge in [0, 0.05) is 18.8 Å². The first-order valence-corrected chi connectivity index (χ1v) is 6.61. The van der Waals surface area contributed by atoms with Crippen molar-refractivity contribution in [2.45, 2.75) is 40.2 Å². The number of benzene rings is 1. The van der Waals surface area contributed by atoms with Crippen molar-refractivity contribution in [3.8, 4) is 0 Å². The fourth-order valence-electron chi connectivity index (χ4n) is 1.89. The molecule has 0 saturated carbocycles. The summed E-state index contributed by atoms with van der Waals surface area (Å²) in [5, 5.41) is 9.48. The molecule has 0 amide bonds. The predicted molar refractivity (Wildman–Crippen MR) is 74.4 cm³/mol. The van der Waals surface area contributed by atoms with E-state index in [2.05, 4.69) is 37.8 Å². The summed E-state index contributed by atoms with van der Waals surface area (Å²) in [6.45, 7) is 10.6. The summed E-state index contributed by atoms with van der Waals surface area (Å²) in [4.78, 5) is 2.39. The number of hydrogen-bond donors (Lipinski definition) is 1. The summed E-state index contributed by atoms with van der Waals surface area (Å²) in [6.07, 6.45) is 0.830. The Morgan fingerprint density at radius 2 is 1.71 bits per heavy atom. The second-order valence-electron chi connectivity index (χ2n) is 4.82. The Hall–Kier alpha value is -1.02. The van der Waals surface area contributed by atoms with Gasteiger partial charge in [0.1, 0.15) is 0 Å². The van der Waals surface area contributed by atoms with Crippen molar-refractivity contribution in [1.29, 1.82) is 0 Å². The molecule has 0 spiro atoms. The van der Waals surface area contributed by atoms with Gasteiger partial charge in [-0.1, -0.05) is 32.4 Å². The van der Waals surface area contributed by atoms with E-state index in [1.54, 1.807) is 6.92 Å². The van der Waals surface area contributed by atoms with E-state index in [1.165, 1.54) is 12.1 Å². The van der Waals surface area contributed by atoms with E-state index >= 15 is 0 Å². The second-order valence-corrected chi connectivity index (χ2v) is 4.82. The molecule has 0 saturated heterocycles. The average molecular weight is 235 g/mol. The zero-order chi connectivity index (χ0) is 12.8. The summed E-state index contributed by atoms with van der Waals surface area (Å²) in [5.74, 6) is 0.714. The Morgan fingerprint density at radius 3 is 2.12 bits per heavy atom. The number of aliphatic hydroxyl groups is 1. The minimum Gasteiger partial charge on any atom is -0.389 e. The zero-order valence-electron chi connectivity index (χ0n) is 11.5. The number of anilines is 1. The highest BCUT2D eigenvalue weighted by Crippen LogP contribution is 2.20. The van der Waals surface area contributed by atoms with Crippen molar-refractivity contribution in [3.05, 3.63) is 29.8 Å². The van der Waals surface area contributed by atoms with E-state index in [0.29, 0.717) is 5.92 Å². The maximum absolute atomic E-state index is 9.48. The third-order valence-corrected chi connectivity index (χ3v) is 3.35. The highest BCUT2D eigenvalue weighted by molar-refractivity contribution is 5.47. The van der Waals surface area contributed by atoms with Crippen LogP contribution in [0.25, 0.3) is 0 Å². The maximum atomic E-state index is 9.48. The Labute approximate surface area is 105 Å². The van der Waals surface area contributed by atoms with Crippen LogP contribution in [0.5, 0.6) is 0 Å². The van der Waals surface area contributed by atoms with E-state index in [0.717, 1.165) is 18.7 Å². The van der Waals surface area contributed by atoms with Crippen LogP contribution in [0, 0.1) is 5.92 Å². The van der Waals surface area contributed by atoms with E-state index in [9.17, 15) is 5.11 Å². The zero-order valence-corrected chi connectivity index (χ0v) is 11.5. The van der Waals surface area contributed by atoms with Crippen molar-refractivity contribution < 1.29 is 5.11 Å². The van der Waals surface area contributed by atoms with Gasteiger partial charge < -0.3 is 10.0 Å². The lowest BCUT2D eigenvalue weighted by atomic mass is 10.1. The van der Waals surface area contributed by atoms with Crippen LogP contribution in [0.1, 0.15) is 45.8 Å². The highest BCUT2D eigenvalue weighted by atomic mass is 16.3. The summed E-state index contributed by atoms with van der Waals surface area (Å²) < 4.78 is 0. The number of rotatable bonds is 6. The minimum atomic E-state index is -0.381. The van der Waals surface area contributed by atoms with E-state index in [-0.39, 0.29) is 6.10 Å². The SMILES string of the molecule is CCC(C)CN(CC)c1ccc(C(C)O)cc1. The molecule has 0 heterocycles. The first kappa shape index (κ1) is 14.0. The van der Waals surface area contributed by atoms with Gasteiger partial charge in [0.2, 0.25) is 0 Å². The standard InChI is InChI=1S/C15H25NO/c1-5-12(3)11-16(6-2)15-9-7-14(8-10-15)13(4)17/h7-10,12-13,17H,5-6,11H2,1-4H3.